The van der Waals surface area contributed by atoms with E-state index in [1.165, 1.54) is 10.8 Å². The molecule has 0 bridgehead atoms. The molecule has 0 aliphatic heterocycles. The van der Waals surface area contributed by atoms with Crippen molar-refractivity contribution in [2.24, 2.45) is 0 Å². The molecule has 12 rings (SSSR count). The van der Waals surface area contributed by atoms with E-state index in [-0.39, 0.29) is 0 Å². The van der Waals surface area contributed by atoms with Gasteiger partial charge >= 0.3 is 0 Å². The van der Waals surface area contributed by atoms with Gasteiger partial charge in [-0.2, -0.15) is 0 Å². The molecule has 0 N–H and O–H groups in total. The van der Waals surface area contributed by atoms with Crippen LogP contribution in [0.2, 0.25) is 0 Å². The number of aromatic nitrogens is 3. The summed E-state index contributed by atoms with van der Waals surface area (Å²) >= 11 is 0. The molecule has 4 heterocycles. The second-order valence-electron chi connectivity index (χ2n) is 14.6. The van der Waals surface area contributed by atoms with Gasteiger partial charge in [-0.25, -0.2) is 9.97 Å². The third kappa shape index (κ3) is 5.17. The molecule has 5 nitrogen and oxygen atoms in total. The van der Waals surface area contributed by atoms with Crippen molar-refractivity contribution in [2.45, 2.75) is 0 Å². The van der Waals surface area contributed by atoms with Gasteiger partial charge < -0.3 is 13.4 Å². The van der Waals surface area contributed by atoms with Crippen LogP contribution in [0, 0.1) is 0 Å². The molecule has 0 amide bonds. The molecule has 12 aromatic rings. The predicted octanol–water partition coefficient (Wildman–Crippen LogP) is 14.0. The zero-order valence-corrected chi connectivity index (χ0v) is 30.6. The van der Waals surface area contributed by atoms with Gasteiger partial charge in [-0.05, 0) is 95.7 Å². The number of para-hydroxylation sites is 3. The van der Waals surface area contributed by atoms with Crippen LogP contribution in [0.4, 0.5) is 0 Å². The molecule has 0 unspecified atom stereocenters. The lowest BCUT2D eigenvalue weighted by atomic mass is 10.0. The van der Waals surface area contributed by atoms with Crippen molar-refractivity contribution in [1.82, 2.24) is 14.5 Å². The van der Waals surface area contributed by atoms with Crippen molar-refractivity contribution in [2.75, 3.05) is 0 Å². The van der Waals surface area contributed by atoms with E-state index in [9.17, 15) is 0 Å². The van der Waals surface area contributed by atoms with E-state index in [4.69, 9.17) is 18.8 Å². The summed E-state index contributed by atoms with van der Waals surface area (Å²) < 4.78 is 14.9. The van der Waals surface area contributed by atoms with E-state index in [0.29, 0.717) is 5.82 Å². The van der Waals surface area contributed by atoms with Gasteiger partial charge in [-0.15, -0.1) is 0 Å². The highest BCUT2D eigenvalue weighted by atomic mass is 16.3. The number of nitrogens with zero attached hydrogens (tertiary/aromatic N) is 3. The molecule has 0 atom stereocenters. The maximum absolute atomic E-state index is 6.37. The number of fused-ring (bicyclic) bond motifs is 8. The molecule has 0 aliphatic carbocycles. The number of hydrogen-bond donors (Lipinski definition) is 0. The van der Waals surface area contributed by atoms with Crippen LogP contribution in [0.3, 0.4) is 0 Å². The van der Waals surface area contributed by atoms with Gasteiger partial charge in [0.1, 0.15) is 22.5 Å². The minimum atomic E-state index is 0.658. The van der Waals surface area contributed by atoms with Crippen molar-refractivity contribution in [3.8, 4) is 50.9 Å². The Morgan fingerprint density at radius 3 is 1.82 bits per heavy atom. The average molecular weight is 730 g/mol. The molecular formula is C52H31N3O2. The van der Waals surface area contributed by atoms with Crippen LogP contribution in [0.1, 0.15) is 0 Å². The first kappa shape index (κ1) is 31.6. The highest BCUT2D eigenvalue weighted by Crippen LogP contribution is 2.38. The first-order chi connectivity index (χ1) is 28.2. The van der Waals surface area contributed by atoms with Gasteiger partial charge in [0.25, 0.3) is 0 Å². The van der Waals surface area contributed by atoms with Crippen LogP contribution in [-0.2, 0) is 0 Å². The largest absolute Gasteiger partial charge is 0.456 e. The molecule has 0 aliphatic rings. The predicted molar refractivity (Wildman–Crippen MR) is 233 cm³/mol. The number of furan rings is 2. The van der Waals surface area contributed by atoms with E-state index in [0.717, 1.165) is 99.8 Å². The zero-order chi connectivity index (χ0) is 37.5. The smallest absolute Gasteiger partial charge is 0.160 e. The lowest BCUT2D eigenvalue weighted by Crippen LogP contribution is -1.96. The Balaban J connectivity index is 1.03. The van der Waals surface area contributed by atoms with E-state index in [2.05, 4.69) is 174 Å². The fourth-order valence-corrected chi connectivity index (χ4v) is 8.39. The monoisotopic (exact) mass is 729 g/mol. The number of hydrogen-bond acceptors (Lipinski definition) is 4. The lowest BCUT2D eigenvalue weighted by Gasteiger charge is -2.11. The summed E-state index contributed by atoms with van der Waals surface area (Å²) in [5.41, 5.74) is 11.6. The maximum Gasteiger partial charge on any atom is 0.160 e. The summed E-state index contributed by atoms with van der Waals surface area (Å²) in [4.78, 5) is 10.6. The Morgan fingerprint density at radius 1 is 0.351 bits per heavy atom. The Hall–Kier alpha value is -7.76. The van der Waals surface area contributed by atoms with E-state index < -0.39 is 0 Å². The molecule has 5 heteroatoms. The third-order valence-electron chi connectivity index (χ3n) is 11.2. The fourth-order valence-electron chi connectivity index (χ4n) is 8.39. The summed E-state index contributed by atoms with van der Waals surface area (Å²) in [7, 11) is 0. The van der Waals surface area contributed by atoms with Crippen molar-refractivity contribution in [3.05, 3.63) is 188 Å². The Labute approximate surface area is 326 Å². The van der Waals surface area contributed by atoms with Gasteiger partial charge in [0, 0.05) is 54.9 Å². The Morgan fingerprint density at radius 2 is 0.982 bits per heavy atom. The fraction of sp³-hybridized carbons (Fsp3) is 0. The highest BCUT2D eigenvalue weighted by Gasteiger charge is 2.17. The normalized spacial score (nSPS) is 11.9. The summed E-state index contributed by atoms with van der Waals surface area (Å²) in [5.74, 6) is 1.49. The first-order valence-electron chi connectivity index (χ1n) is 19.1. The van der Waals surface area contributed by atoms with E-state index in [1.807, 2.05) is 18.2 Å². The molecule has 0 fully saturated rings. The number of benzene rings is 8. The van der Waals surface area contributed by atoms with Gasteiger partial charge in [0.05, 0.1) is 22.4 Å². The van der Waals surface area contributed by atoms with Gasteiger partial charge in [-0.3, -0.25) is 0 Å². The van der Waals surface area contributed by atoms with Crippen LogP contribution in [0.15, 0.2) is 197 Å². The van der Waals surface area contributed by atoms with Crippen LogP contribution in [-0.4, -0.2) is 14.5 Å². The van der Waals surface area contributed by atoms with Crippen molar-refractivity contribution in [3.63, 3.8) is 0 Å². The second-order valence-corrected chi connectivity index (χ2v) is 14.6. The summed E-state index contributed by atoms with van der Waals surface area (Å²) in [6.07, 6.45) is 0. The summed E-state index contributed by atoms with van der Waals surface area (Å²) in [6.45, 7) is 0. The second kappa shape index (κ2) is 12.4. The number of rotatable bonds is 5. The standard InChI is InChI=1S/C52H31N3O2/c1-2-13-39(14-3-1)55-46-16-8-7-15-40(46)41-28-38(22-24-47(41)55)52-53-44(32-18-20-33(21-19-32)50-30-37-12-6-9-17-48(37)56-50)31-45(54-52)36-23-25-49-42(27-36)43-26-34-10-4-5-11-35(34)29-51(43)57-49/h1-31H. The quantitative estimate of drug-likeness (QED) is 0.177. The van der Waals surface area contributed by atoms with Crippen molar-refractivity contribution in [1.29, 1.82) is 0 Å². The van der Waals surface area contributed by atoms with Gasteiger partial charge in [0.2, 0.25) is 0 Å². The molecule has 266 valence electrons. The van der Waals surface area contributed by atoms with Crippen molar-refractivity contribution < 1.29 is 8.83 Å². The Kier molecular flexibility index (Phi) is 6.86. The topological polar surface area (TPSA) is 57.0 Å². The maximum atomic E-state index is 6.37. The summed E-state index contributed by atoms with van der Waals surface area (Å²) in [6, 6.07) is 65.5. The average Bonchev–Trinajstić information content (AvgIpc) is 3.97. The van der Waals surface area contributed by atoms with E-state index >= 15 is 0 Å². The Bertz CT molecular complexity index is 3490. The highest BCUT2D eigenvalue weighted by molar-refractivity contribution is 6.12. The molecule has 0 spiro atoms. The zero-order valence-electron chi connectivity index (χ0n) is 30.6. The summed E-state index contributed by atoms with van der Waals surface area (Å²) in [5, 5.41) is 7.89. The van der Waals surface area contributed by atoms with Crippen LogP contribution >= 0.6 is 0 Å². The van der Waals surface area contributed by atoms with Crippen LogP contribution in [0.25, 0.3) is 116 Å². The molecule has 57 heavy (non-hydrogen) atoms. The minimum Gasteiger partial charge on any atom is -0.456 e. The van der Waals surface area contributed by atoms with E-state index in [1.54, 1.807) is 0 Å². The molecular weight excluding hydrogens is 699 g/mol. The van der Waals surface area contributed by atoms with Crippen molar-refractivity contribution >= 4 is 65.5 Å². The first-order valence-corrected chi connectivity index (χ1v) is 19.1. The SMILES string of the molecule is c1ccc(-n2c3ccccc3c3cc(-c4nc(-c5ccc(-c6cc7ccccc7o6)cc5)cc(-c5ccc6oc7cc8ccccc8cc7c6c5)n4)ccc32)cc1. The molecule has 0 saturated carbocycles. The third-order valence-corrected chi connectivity index (χ3v) is 11.2. The van der Waals surface area contributed by atoms with Crippen LogP contribution in [0.5, 0.6) is 0 Å². The minimum absolute atomic E-state index is 0.658. The van der Waals surface area contributed by atoms with Crippen LogP contribution < -0.4 is 0 Å². The lowest BCUT2D eigenvalue weighted by molar-refractivity contribution is 0.631. The van der Waals surface area contributed by atoms with Gasteiger partial charge in [-0.1, -0.05) is 103 Å². The molecule has 0 saturated heterocycles. The van der Waals surface area contributed by atoms with Gasteiger partial charge in [0.15, 0.2) is 5.82 Å². The molecule has 4 aromatic heterocycles. The molecule has 0 radical (unpaired) electrons. The molecule has 8 aromatic carbocycles.